The second-order valence-corrected chi connectivity index (χ2v) is 7.38. The molecule has 0 spiro atoms. The third kappa shape index (κ3) is 3.75. The fraction of sp³-hybridized carbons (Fsp3) is 0.600. The number of aliphatic hydroxyl groups excluding tert-OH is 1. The summed E-state index contributed by atoms with van der Waals surface area (Å²) in [7, 11) is -3.51. The summed E-state index contributed by atoms with van der Waals surface area (Å²) in [5.41, 5.74) is 0.658. The largest absolute Gasteiger partial charge is 0.396 e. The lowest BCUT2D eigenvalue weighted by molar-refractivity contribution is 0.165. The molecule has 0 amide bonds. The number of sulfonamides is 1. The van der Waals surface area contributed by atoms with Gasteiger partial charge in [-0.2, -0.15) is 4.31 Å². The van der Waals surface area contributed by atoms with Gasteiger partial charge in [-0.25, -0.2) is 8.42 Å². The van der Waals surface area contributed by atoms with Crippen LogP contribution >= 0.6 is 0 Å². The van der Waals surface area contributed by atoms with Gasteiger partial charge < -0.3 is 10.4 Å². The summed E-state index contributed by atoms with van der Waals surface area (Å²) < 4.78 is 27.2. The highest BCUT2D eigenvalue weighted by atomic mass is 32.2. The molecule has 21 heavy (non-hydrogen) atoms. The van der Waals surface area contributed by atoms with Gasteiger partial charge in [-0.05, 0) is 37.3 Å². The minimum atomic E-state index is -3.51. The van der Waals surface area contributed by atoms with Crippen molar-refractivity contribution in [1.29, 1.82) is 0 Å². The monoisotopic (exact) mass is 312 g/mol. The van der Waals surface area contributed by atoms with Crippen molar-refractivity contribution in [2.75, 3.05) is 31.6 Å². The van der Waals surface area contributed by atoms with Crippen molar-refractivity contribution < 1.29 is 13.5 Å². The van der Waals surface area contributed by atoms with Crippen LogP contribution in [-0.4, -0.2) is 44.1 Å². The van der Waals surface area contributed by atoms with Gasteiger partial charge in [0.05, 0.1) is 5.69 Å². The van der Waals surface area contributed by atoms with E-state index < -0.39 is 10.0 Å². The van der Waals surface area contributed by atoms with E-state index in [1.54, 1.807) is 18.2 Å². The summed E-state index contributed by atoms with van der Waals surface area (Å²) in [5.74, 6) is 0.0456. The molecule has 1 saturated heterocycles. The summed E-state index contributed by atoms with van der Waals surface area (Å²) in [6.07, 6.45) is 2.62. The maximum Gasteiger partial charge on any atom is 0.245 e. The van der Waals surface area contributed by atoms with Gasteiger partial charge in [-0.15, -0.1) is 0 Å². The maximum atomic E-state index is 12.8. The van der Waals surface area contributed by atoms with Crippen LogP contribution < -0.4 is 5.32 Å². The minimum Gasteiger partial charge on any atom is -0.396 e. The molecule has 1 aromatic carbocycles. The molecular weight excluding hydrogens is 288 g/mol. The summed E-state index contributed by atoms with van der Waals surface area (Å²) in [6, 6.07) is 7.03. The van der Waals surface area contributed by atoms with Crippen LogP contribution in [-0.2, 0) is 10.0 Å². The Balaban J connectivity index is 2.26. The van der Waals surface area contributed by atoms with E-state index in [1.807, 2.05) is 13.0 Å². The van der Waals surface area contributed by atoms with Crippen LogP contribution in [0.3, 0.4) is 0 Å². The standard InChI is InChI=1S/C15H24N2O3S/c1-2-9-16-14-7-3-4-8-15(14)21(19,20)17-10-5-6-13(11-17)12-18/h3-4,7-8,13,16,18H,2,5-6,9-12H2,1H3. The summed E-state index contributed by atoms with van der Waals surface area (Å²) in [4.78, 5) is 0.331. The first-order chi connectivity index (χ1) is 10.1. The Morgan fingerprint density at radius 2 is 2.14 bits per heavy atom. The van der Waals surface area contributed by atoms with Crippen LogP contribution in [0.5, 0.6) is 0 Å². The molecule has 1 fully saturated rings. The van der Waals surface area contributed by atoms with Crippen LogP contribution in [0.2, 0.25) is 0 Å². The van der Waals surface area contributed by atoms with Crippen LogP contribution in [0.25, 0.3) is 0 Å². The number of hydrogen-bond acceptors (Lipinski definition) is 4. The number of piperidine rings is 1. The van der Waals surface area contributed by atoms with E-state index >= 15 is 0 Å². The number of para-hydroxylation sites is 1. The Hall–Kier alpha value is -1.11. The Bertz CT molecular complexity index is 560. The molecule has 1 unspecified atom stereocenters. The average Bonchev–Trinajstić information content (AvgIpc) is 2.53. The lowest BCUT2D eigenvalue weighted by Gasteiger charge is -2.31. The van der Waals surface area contributed by atoms with Crippen molar-refractivity contribution in [2.45, 2.75) is 31.1 Å². The van der Waals surface area contributed by atoms with Crippen molar-refractivity contribution in [3.63, 3.8) is 0 Å². The predicted octanol–water partition coefficient (Wildman–Crippen LogP) is 1.90. The molecule has 2 rings (SSSR count). The van der Waals surface area contributed by atoms with Gasteiger partial charge in [0.1, 0.15) is 4.90 Å². The van der Waals surface area contributed by atoms with E-state index in [0.29, 0.717) is 23.7 Å². The first-order valence-electron chi connectivity index (χ1n) is 7.53. The lowest BCUT2D eigenvalue weighted by Crippen LogP contribution is -2.41. The topological polar surface area (TPSA) is 69.6 Å². The predicted molar refractivity (Wildman–Crippen MR) is 83.8 cm³/mol. The van der Waals surface area contributed by atoms with Crippen molar-refractivity contribution in [1.82, 2.24) is 4.31 Å². The van der Waals surface area contributed by atoms with Crippen molar-refractivity contribution >= 4 is 15.7 Å². The van der Waals surface area contributed by atoms with Crippen LogP contribution in [0.15, 0.2) is 29.2 Å². The average molecular weight is 312 g/mol. The molecule has 1 aliphatic rings. The zero-order valence-electron chi connectivity index (χ0n) is 12.5. The molecule has 1 heterocycles. The minimum absolute atomic E-state index is 0.0434. The van der Waals surface area contributed by atoms with Gasteiger partial charge >= 0.3 is 0 Å². The summed E-state index contributed by atoms with van der Waals surface area (Å²) in [5, 5.41) is 12.5. The zero-order chi connectivity index (χ0) is 15.3. The Labute approximate surface area is 127 Å². The first-order valence-corrected chi connectivity index (χ1v) is 8.97. The molecule has 6 heteroatoms. The Kier molecular flexibility index (Phi) is 5.61. The molecule has 1 aliphatic heterocycles. The number of rotatable bonds is 6. The van der Waals surface area contributed by atoms with E-state index in [2.05, 4.69) is 5.32 Å². The number of aliphatic hydroxyl groups is 1. The Morgan fingerprint density at radius 3 is 2.86 bits per heavy atom. The van der Waals surface area contributed by atoms with Gasteiger partial charge in [0, 0.05) is 26.2 Å². The Morgan fingerprint density at radius 1 is 1.38 bits per heavy atom. The number of anilines is 1. The third-order valence-electron chi connectivity index (χ3n) is 3.81. The van der Waals surface area contributed by atoms with Crippen LogP contribution in [0.1, 0.15) is 26.2 Å². The third-order valence-corrected chi connectivity index (χ3v) is 5.73. The van der Waals surface area contributed by atoms with E-state index in [9.17, 15) is 13.5 Å². The smallest absolute Gasteiger partial charge is 0.245 e. The van der Waals surface area contributed by atoms with E-state index in [1.165, 1.54) is 4.31 Å². The van der Waals surface area contributed by atoms with E-state index in [-0.39, 0.29) is 12.5 Å². The number of benzene rings is 1. The highest BCUT2D eigenvalue weighted by Crippen LogP contribution is 2.28. The normalized spacial score (nSPS) is 20.4. The van der Waals surface area contributed by atoms with E-state index in [0.717, 1.165) is 25.8 Å². The van der Waals surface area contributed by atoms with Gasteiger partial charge in [0.15, 0.2) is 0 Å². The van der Waals surface area contributed by atoms with Crippen molar-refractivity contribution in [3.8, 4) is 0 Å². The highest BCUT2D eigenvalue weighted by molar-refractivity contribution is 7.89. The van der Waals surface area contributed by atoms with Crippen molar-refractivity contribution in [2.24, 2.45) is 5.92 Å². The van der Waals surface area contributed by atoms with Crippen molar-refractivity contribution in [3.05, 3.63) is 24.3 Å². The second-order valence-electron chi connectivity index (χ2n) is 5.48. The van der Waals surface area contributed by atoms with Gasteiger partial charge in [0.2, 0.25) is 10.0 Å². The van der Waals surface area contributed by atoms with Crippen LogP contribution in [0.4, 0.5) is 5.69 Å². The first kappa shape index (κ1) is 16.3. The number of nitrogens with one attached hydrogen (secondary N) is 1. The lowest BCUT2D eigenvalue weighted by atomic mass is 10.0. The molecular formula is C15H24N2O3S. The molecule has 0 aliphatic carbocycles. The summed E-state index contributed by atoms with van der Waals surface area (Å²) >= 11 is 0. The molecule has 118 valence electrons. The second kappa shape index (κ2) is 7.24. The zero-order valence-corrected chi connectivity index (χ0v) is 13.3. The SMILES string of the molecule is CCCNc1ccccc1S(=O)(=O)N1CCCC(CO)C1. The molecule has 0 saturated carbocycles. The quantitative estimate of drug-likeness (QED) is 0.842. The summed E-state index contributed by atoms with van der Waals surface area (Å²) in [6.45, 7) is 3.76. The maximum absolute atomic E-state index is 12.8. The van der Waals surface area contributed by atoms with Gasteiger partial charge in [-0.3, -0.25) is 0 Å². The molecule has 0 aromatic heterocycles. The van der Waals surface area contributed by atoms with Crippen LogP contribution in [0, 0.1) is 5.92 Å². The molecule has 1 aromatic rings. The van der Waals surface area contributed by atoms with Gasteiger partial charge in [-0.1, -0.05) is 19.1 Å². The highest BCUT2D eigenvalue weighted by Gasteiger charge is 2.31. The molecule has 2 N–H and O–H groups in total. The fourth-order valence-corrected chi connectivity index (χ4v) is 4.35. The fourth-order valence-electron chi connectivity index (χ4n) is 2.63. The number of nitrogens with zero attached hydrogens (tertiary/aromatic N) is 1. The van der Waals surface area contributed by atoms with Gasteiger partial charge in [0.25, 0.3) is 0 Å². The molecule has 0 radical (unpaired) electrons. The number of hydrogen-bond donors (Lipinski definition) is 2. The molecule has 0 bridgehead atoms. The van der Waals surface area contributed by atoms with E-state index in [4.69, 9.17) is 0 Å². The molecule has 1 atom stereocenters. The molecule has 5 nitrogen and oxygen atoms in total.